The van der Waals surface area contributed by atoms with E-state index in [0.717, 1.165) is 15.4 Å². The van der Waals surface area contributed by atoms with Crippen molar-refractivity contribution in [2.45, 2.75) is 18.7 Å². The van der Waals surface area contributed by atoms with E-state index in [1.807, 2.05) is 13.0 Å². The highest BCUT2D eigenvalue weighted by atomic mass is 32.2. The molecule has 0 amide bonds. The van der Waals surface area contributed by atoms with E-state index >= 15 is 0 Å². The molecular weight excluding hydrogens is 314 g/mol. The molecule has 0 radical (unpaired) electrons. The van der Waals surface area contributed by atoms with E-state index in [1.165, 1.54) is 19.2 Å². The van der Waals surface area contributed by atoms with Gasteiger partial charge < -0.3 is 4.74 Å². The predicted molar refractivity (Wildman–Crippen MR) is 88.9 cm³/mol. The van der Waals surface area contributed by atoms with E-state index in [1.54, 1.807) is 37.3 Å². The van der Waals surface area contributed by atoms with Crippen LogP contribution in [0.2, 0.25) is 0 Å². The summed E-state index contributed by atoms with van der Waals surface area (Å²) in [6, 6.07) is 13.5. The van der Waals surface area contributed by atoms with Crippen molar-refractivity contribution in [3.8, 4) is 0 Å². The summed E-state index contributed by atoms with van der Waals surface area (Å²) in [5, 5.41) is 0. The smallest absolute Gasteiger partial charge is 0.326 e. The van der Waals surface area contributed by atoms with E-state index in [4.69, 9.17) is 0 Å². The van der Waals surface area contributed by atoms with Gasteiger partial charge in [0.05, 0.1) is 17.7 Å². The summed E-state index contributed by atoms with van der Waals surface area (Å²) in [5.41, 5.74) is 2.17. The van der Waals surface area contributed by atoms with Crippen molar-refractivity contribution in [1.29, 1.82) is 0 Å². The number of rotatable bonds is 5. The average Bonchev–Trinajstić information content (AvgIpc) is 2.53. The quantitative estimate of drug-likeness (QED) is 0.789. The lowest BCUT2D eigenvalue weighted by atomic mass is 10.2. The number of esters is 1. The molecule has 23 heavy (non-hydrogen) atoms. The number of aryl methyl sites for hydroxylation is 2. The van der Waals surface area contributed by atoms with E-state index in [9.17, 15) is 13.2 Å². The van der Waals surface area contributed by atoms with Gasteiger partial charge in [-0.25, -0.2) is 8.42 Å². The standard InChI is InChI=1S/C17H19NO4S/c1-13-8-10-15(11-9-13)23(20,21)18(12-17(19)22-3)16-7-5-4-6-14(16)2/h4-11H,12H2,1-3H3. The summed E-state index contributed by atoms with van der Waals surface area (Å²) in [4.78, 5) is 11.8. The molecule has 0 aliphatic heterocycles. The van der Waals surface area contributed by atoms with E-state index in [0.29, 0.717) is 5.69 Å². The Hall–Kier alpha value is -2.34. The number of sulfonamides is 1. The molecule has 0 fully saturated rings. The Morgan fingerprint density at radius 2 is 1.65 bits per heavy atom. The fraction of sp³-hybridized carbons (Fsp3) is 0.235. The van der Waals surface area contributed by atoms with Crippen molar-refractivity contribution in [1.82, 2.24) is 0 Å². The van der Waals surface area contributed by atoms with Gasteiger partial charge in [0.2, 0.25) is 0 Å². The second-order valence-electron chi connectivity index (χ2n) is 5.19. The minimum absolute atomic E-state index is 0.134. The average molecular weight is 333 g/mol. The summed E-state index contributed by atoms with van der Waals surface area (Å²) >= 11 is 0. The van der Waals surface area contributed by atoms with Crippen LogP contribution in [0.5, 0.6) is 0 Å². The van der Waals surface area contributed by atoms with Crippen LogP contribution in [0.3, 0.4) is 0 Å². The Morgan fingerprint density at radius 3 is 2.22 bits per heavy atom. The Bertz CT molecular complexity index is 798. The lowest BCUT2D eigenvalue weighted by Gasteiger charge is -2.25. The van der Waals surface area contributed by atoms with Gasteiger partial charge in [0.15, 0.2) is 0 Å². The minimum Gasteiger partial charge on any atom is -0.468 e. The number of hydrogen-bond acceptors (Lipinski definition) is 4. The summed E-state index contributed by atoms with van der Waals surface area (Å²) in [6.45, 7) is 3.30. The van der Waals surface area contributed by atoms with E-state index in [-0.39, 0.29) is 11.4 Å². The number of hydrogen-bond donors (Lipinski definition) is 0. The van der Waals surface area contributed by atoms with Gasteiger partial charge in [-0.3, -0.25) is 9.10 Å². The highest BCUT2D eigenvalue weighted by Crippen LogP contribution is 2.26. The molecular formula is C17H19NO4S. The van der Waals surface area contributed by atoms with E-state index < -0.39 is 16.0 Å². The van der Waals surface area contributed by atoms with Gasteiger partial charge in [0.25, 0.3) is 10.0 Å². The van der Waals surface area contributed by atoms with Crippen LogP contribution < -0.4 is 4.31 Å². The SMILES string of the molecule is COC(=O)CN(c1ccccc1C)S(=O)(=O)c1ccc(C)cc1. The second kappa shape index (κ2) is 6.83. The topological polar surface area (TPSA) is 63.7 Å². The van der Waals surface area contributed by atoms with Crippen molar-refractivity contribution in [2.24, 2.45) is 0 Å². The van der Waals surface area contributed by atoms with Gasteiger partial charge in [-0.15, -0.1) is 0 Å². The molecule has 0 atom stereocenters. The van der Waals surface area contributed by atoms with Crippen LogP contribution in [-0.4, -0.2) is 28.0 Å². The number of nitrogens with zero attached hydrogens (tertiary/aromatic N) is 1. The fourth-order valence-electron chi connectivity index (χ4n) is 2.16. The molecule has 0 heterocycles. The largest absolute Gasteiger partial charge is 0.468 e. The Morgan fingerprint density at radius 1 is 1.04 bits per heavy atom. The van der Waals surface area contributed by atoms with Crippen molar-refractivity contribution >= 4 is 21.7 Å². The first-order chi connectivity index (χ1) is 10.9. The first-order valence-electron chi connectivity index (χ1n) is 7.08. The van der Waals surface area contributed by atoms with Crippen LogP contribution in [0.4, 0.5) is 5.69 Å². The summed E-state index contributed by atoms with van der Waals surface area (Å²) in [7, 11) is -2.63. The van der Waals surface area contributed by atoms with Crippen LogP contribution in [0, 0.1) is 13.8 Å². The first kappa shape index (κ1) is 17.0. The summed E-state index contributed by atoms with van der Waals surface area (Å²) in [6.07, 6.45) is 0. The highest BCUT2D eigenvalue weighted by molar-refractivity contribution is 7.92. The maximum absolute atomic E-state index is 13.0. The van der Waals surface area contributed by atoms with Crippen LogP contribution in [0.1, 0.15) is 11.1 Å². The van der Waals surface area contributed by atoms with Gasteiger partial charge in [0, 0.05) is 0 Å². The lowest BCUT2D eigenvalue weighted by molar-refractivity contribution is -0.138. The van der Waals surface area contributed by atoms with E-state index in [2.05, 4.69) is 4.74 Å². The van der Waals surface area contributed by atoms with Crippen molar-refractivity contribution in [3.05, 3.63) is 59.7 Å². The van der Waals surface area contributed by atoms with Crippen LogP contribution >= 0.6 is 0 Å². The maximum Gasteiger partial charge on any atom is 0.326 e. The molecule has 0 aliphatic carbocycles. The zero-order valence-electron chi connectivity index (χ0n) is 13.3. The zero-order chi connectivity index (χ0) is 17.0. The Balaban J connectivity index is 2.54. The van der Waals surface area contributed by atoms with Crippen molar-refractivity contribution in [2.75, 3.05) is 18.0 Å². The Kier molecular flexibility index (Phi) is 5.05. The van der Waals surface area contributed by atoms with Crippen molar-refractivity contribution < 1.29 is 17.9 Å². The number of benzene rings is 2. The second-order valence-corrected chi connectivity index (χ2v) is 7.05. The molecule has 0 unspecified atom stereocenters. The molecule has 2 aromatic carbocycles. The van der Waals surface area contributed by atoms with Gasteiger partial charge >= 0.3 is 5.97 Å². The molecule has 2 aromatic rings. The first-order valence-corrected chi connectivity index (χ1v) is 8.52. The third-order valence-electron chi connectivity index (χ3n) is 3.49. The van der Waals surface area contributed by atoms with Gasteiger partial charge in [0.1, 0.15) is 6.54 Å². The van der Waals surface area contributed by atoms with Crippen LogP contribution in [0.15, 0.2) is 53.4 Å². The third kappa shape index (κ3) is 3.71. The van der Waals surface area contributed by atoms with Crippen molar-refractivity contribution in [3.63, 3.8) is 0 Å². The highest BCUT2D eigenvalue weighted by Gasteiger charge is 2.28. The number of carbonyl (C=O) groups excluding carboxylic acids is 1. The molecule has 6 heteroatoms. The Labute approximate surface area is 136 Å². The molecule has 0 N–H and O–H groups in total. The minimum atomic E-state index is -3.87. The molecule has 0 saturated heterocycles. The third-order valence-corrected chi connectivity index (χ3v) is 5.27. The van der Waals surface area contributed by atoms with Crippen LogP contribution in [0.25, 0.3) is 0 Å². The lowest BCUT2D eigenvalue weighted by Crippen LogP contribution is -2.36. The number of carbonyl (C=O) groups is 1. The summed E-state index contributed by atoms with van der Waals surface area (Å²) < 4.78 is 31.7. The number of ether oxygens (including phenoxy) is 1. The normalized spacial score (nSPS) is 11.1. The zero-order valence-corrected chi connectivity index (χ0v) is 14.1. The fourth-order valence-corrected chi connectivity index (χ4v) is 3.64. The number of para-hydroxylation sites is 1. The van der Waals surface area contributed by atoms with Gasteiger partial charge in [-0.05, 0) is 37.6 Å². The van der Waals surface area contributed by atoms with Gasteiger partial charge in [-0.1, -0.05) is 35.9 Å². The number of anilines is 1. The molecule has 122 valence electrons. The maximum atomic E-state index is 13.0. The van der Waals surface area contributed by atoms with Gasteiger partial charge in [-0.2, -0.15) is 0 Å². The number of methoxy groups -OCH3 is 1. The molecule has 0 aliphatic rings. The summed E-state index contributed by atoms with van der Waals surface area (Å²) in [5.74, 6) is -0.621. The van der Waals surface area contributed by atoms with Crippen LogP contribution in [-0.2, 0) is 19.6 Å². The predicted octanol–water partition coefficient (Wildman–Crippen LogP) is 2.67. The monoisotopic (exact) mass is 333 g/mol. The molecule has 0 saturated carbocycles. The molecule has 0 spiro atoms. The molecule has 2 rings (SSSR count). The molecule has 5 nitrogen and oxygen atoms in total. The molecule has 0 aromatic heterocycles. The molecule has 0 bridgehead atoms.